The first-order valence-corrected chi connectivity index (χ1v) is 10.6. The lowest BCUT2D eigenvalue weighted by atomic mass is 10.2. The predicted molar refractivity (Wildman–Crippen MR) is 123 cm³/mol. The van der Waals surface area contributed by atoms with Crippen molar-refractivity contribution in [3.05, 3.63) is 105 Å². The van der Waals surface area contributed by atoms with Crippen LogP contribution in [-0.4, -0.2) is 5.97 Å². The number of carbonyl (C=O) groups excluding carboxylic acids is 1. The van der Waals surface area contributed by atoms with Crippen molar-refractivity contribution >= 4 is 38.9 Å². The molecule has 172 valence electrons. The topological polar surface area (TPSA) is 65.7 Å². The number of para-hydroxylation sites is 1. The molecule has 3 aromatic carbocycles. The molecular weight excluding hydrogens is 517 g/mol. The molecule has 1 heterocycles. The van der Waals surface area contributed by atoms with Crippen LogP contribution in [0.3, 0.4) is 0 Å². The summed E-state index contributed by atoms with van der Waals surface area (Å²) in [7, 11) is 0. The van der Waals surface area contributed by atoms with Gasteiger partial charge in [0.05, 0.1) is 9.86 Å². The lowest BCUT2D eigenvalue weighted by molar-refractivity contribution is -0.154. The van der Waals surface area contributed by atoms with Crippen LogP contribution >= 0.6 is 15.9 Å². The zero-order chi connectivity index (χ0) is 24.3. The lowest BCUT2D eigenvalue weighted by Gasteiger charge is -2.14. The number of alkyl halides is 3. The number of hydrogen-bond acceptors (Lipinski definition) is 5. The number of rotatable bonds is 5. The van der Waals surface area contributed by atoms with Crippen LogP contribution in [0.4, 0.5) is 13.2 Å². The van der Waals surface area contributed by atoms with Gasteiger partial charge in [-0.05, 0) is 51.8 Å². The van der Waals surface area contributed by atoms with E-state index in [1.54, 1.807) is 42.5 Å². The van der Waals surface area contributed by atoms with Gasteiger partial charge in [-0.2, -0.15) is 13.2 Å². The third kappa shape index (κ3) is 5.20. The highest BCUT2D eigenvalue weighted by atomic mass is 79.9. The Hall–Kier alpha value is -3.85. The lowest BCUT2D eigenvalue weighted by Crippen LogP contribution is -2.15. The number of ether oxygens (including phenoxy) is 2. The molecule has 0 saturated heterocycles. The standard InChI is InChI=1S/C25H14BrF3O5/c26-18-8-4-5-9-19(18)33-23-22(31)17-12-11-16(14-20(17)34-24(23)25(27,28)29)32-21(30)13-10-15-6-2-1-3-7-15/h1-14H. The zero-order valence-electron chi connectivity index (χ0n) is 17.1. The number of benzene rings is 3. The van der Waals surface area contributed by atoms with Crippen LogP contribution in [0.2, 0.25) is 0 Å². The van der Waals surface area contributed by atoms with E-state index in [1.807, 2.05) is 6.07 Å². The number of esters is 1. The SMILES string of the molecule is O=C(C=Cc1ccccc1)Oc1ccc2c(=O)c(Oc3ccccc3Br)c(C(F)(F)F)oc2c1. The third-order valence-corrected chi connectivity index (χ3v) is 5.21. The molecule has 0 aliphatic rings. The van der Waals surface area contributed by atoms with Gasteiger partial charge in [0.1, 0.15) is 17.1 Å². The van der Waals surface area contributed by atoms with E-state index in [0.29, 0.717) is 4.47 Å². The number of carbonyl (C=O) groups is 1. The van der Waals surface area contributed by atoms with Crippen molar-refractivity contribution in [2.45, 2.75) is 6.18 Å². The molecule has 0 atom stereocenters. The maximum absolute atomic E-state index is 13.7. The van der Waals surface area contributed by atoms with Crippen molar-refractivity contribution in [1.82, 2.24) is 0 Å². The van der Waals surface area contributed by atoms with Crippen LogP contribution in [0.15, 0.2) is 92.6 Å². The fourth-order valence-corrected chi connectivity index (χ4v) is 3.38. The molecule has 34 heavy (non-hydrogen) atoms. The van der Waals surface area contributed by atoms with Crippen molar-refractivity contribution in [1.29, 1.82) is 0 Å². The minimum Gasteiger partial charge on any atom is -0.448 e. The van der Waals surface area contributed by atoms with Gasteiger partial charge in [0, 0.05) is 12.1 Å². The molecule has 0 unspecified atom stereocenters. The summed E-state index contributed by atoms with van der Waals surface area (Å²) in [6.07, 6.45) is -2.32. The Labute approximate surface area is 199 Å². The molecule has 0 bridgehead atoms. The Morgan fingerprint density at radius 3 is 2.38 bits per heavy atom. The predicted octanol–water partition coefficient (Wildman–Crippen LogP) is 6.99. The number of hydrogen-bond donors (Lipinski definition) is 0. The molecule has 0 aliphatic carbocycles. The molecule has 5 nitrogen and oxygen atoms in total. The molecule has 4 rings (SSSR count). The minimum absolute atomic E-state index is 0.00963. The Bertz CT molecular complexity index is 1440. The van der Waals surface area contributed by atoms with E-state index in [4.69, 9.17) is 13.9 Å². The molecule has 0 N–H and O–H groups in total. The Balaban J connectivity index is 1.69. The summed E-state index contributed by atoms with van der Waals surface area (Å²) in [6.45, 7) is 0. The summed E-state index contributed by atoms with van der Waals surface area (Å²) in [6, 6.07) is 18.6. The fraction of sp³-hybridized carbons (Fsp3) is 0.0400. The van der Waals surface area contributed by atoms with Crippen molar-refractivity contribution in [2.75, 3.05) is 0 Å². The quantitative estimate of drug-likeness (QED) is 0.158. The van der Waals surface area contributed by atoms with Gasteiger partial charge < -0.3 is 13.9 Å². The molecule has 0 saturated carbocycles. The van der Waals surface area contributed by atoms with Gasteiger partial charge in [0.2, 0.25) is 11.2 Å². The van der Waals surface area contributed by atoms with Gasteiger partial charge in [-0.15, -0.1) is 0 Å². The summed E-state index contributed by atoms with van der Waals surface area (Å²) < 4.78 is 57.0. The first kappa shape index (κ1) is 23.3. The molecule has 4 aromatic rings. The summed E-state index contributed by atoms with van der Waals surface area (Å²) in [5.41, 5.74) is -0.670. The summed E-state index contributed by atoms with van der Waals surface area (Å²) in [5.74, 6) is -3.44. The molecule has 0 fully saturated rings. The zero-order valence-corrected chi connectivity index (χ0v) is 18.7. The molecular formula is C25H14BrF3O5. The highest BCUT2D eigenvalue weighted by Crippen LogP contribution is 2.39. The normalized spacial score (nSPS) is 11.6. The Morgan fingerprint density at radius 2 is 1.68 bits per heavy atom. The van der Waals surface area contributed by atoms with Gasteiger partial charge in [-0.25, -0.2) is 4.79 Å². The Morgan fingerprint density at radius 1 is 0.971 bits per heavy atom. The number of halogens is 4. The fourth-order valence-electron chi connectivity index (χ4n) is 3.02. The van der Waals surface area contributed by atoms with Crippen LogP contribution in [0, 0.1) is 0 Å². The summed E-state index contributed by atoms with van der Waals surface area (Å²) in [4.78, 5) is 25.0. The van der Waals surface area contributed by atoms with Gasteiger partial charge in [-0.1, -0.05) is 42.5 Å². The molecule has 0 aliphatic heterocycles. The summed E-state index contributed by atoms with van der Waals surface area (Å²) in [5, 5.41) is -0.172. The molecule has 0 radical (unpaired) electrons. The smallest absolute Gasteiger partial charge is 0.448 e. The third-order valence-electron chi connectivity index (χ3n) is 4.56. The summed E-state index contributed by atoms with van der Waals surface area (Å²) >= 11 is 3.17. The monoisotopic (exact) mass is 530 g/mol. The average molecular weight is 531 g/mol. The van der Waals surface area contributed by atoms with E-state index in [9.17, 15) is 22.8 Å². The van der Waals surface area contributed by atoms with E-state index in [0.717, 1.165) is 11.6 Å². The highest BCUT2D eigenvalue weighted by Gasteiger charge is 2.40. The molecule has 0 amide bonds. The maximum atomic E-state index is 13.7. The second-order valence-electron chi connectivity index (χ2n) is 6.94. The van der Waals surface area contributed by atoms with Gasteiger partial charge in [0.15, 0.2) is 0 Å². The maximum Gasteiger partial charge on any atom is 0.453 e. The van der Waals surface area contributed by atoms with Crippen LogP contribution < -0.4 is 14.9 Å². The minimum atomic E-state index is -5.02. The van der Waals surface area contributed by atoms with Gasteiger partial charge in [0.25, 0.3) is 5.76 Å². The van der Waals surface area contributed by atoms with E-state index in [2.05, 4.69) is 15.9 Å². The van der Waals surface area contributed by atoms with E-state index < -0.39 is 34.7 Å². The van der Waals surface area contributed by atoms with E-state index in [-0.39, 0.29) is 16.9 Å². The van der Waals surface area contributed by atoms with Crippen molar-refractivity contribution in [3.63, 3.8) is 0 Å². The molecule has 1 aromatic heterocycles. The van der Waals surface area contributed by atoms with Crippen molar-refractivity contribution < 1.29 is 31.9 Å². The van der Waals surface area contributed by atoms with Crippen molar-refractivity contribution in [2.24, 2.45) is 0 Å². The second kappa shape index (κ2) is 9.56. The highest BCUT2D eigenvalue weighted by molar-refractivity contribution is 9.10. The van der Waals surface area contributed by atoms with Gasteiger partial charge in [-0.3, -0.25) is 4.79 Å². The number of fused-ring (bicyclic) bond motifs is 1. The average Bonchev–Trinajstić information content (AvgIpc) is 2.80. The largest absolute Gasteiger partial charge is 0.453 e. The molecule has 0 spiro atoms. The second-order valence-corrected chi connectivity index (χ2v) is 7.80. The van der Waals surface area contributed by atoms with Crippen LogP contribution in [0.5, 0.6) is 17.2 Å². The van der Waals surface area contributed by atoms with Gasteiger partial charge >= 0.3 is 12.1 Å². The van der Waals surface area contributed by atoms with Crippen LogP contribution in [-0.2, 0) is 11.0 Å². The first-order chi connectivity index (χ1) is 16.2. The Kier molecular flexibility index (Phi) is 6.56. The van der Waals surface area contributed by atoms with Crippen LogP contribution in [0.1, 0.15) is 11.3 Å². The van der Waals surface area contributed by atoms with Crippen LogP contribution in [0.25, 0.3) is 17.0 Å². The molecule has 9 heteroatoms. The van der Waals surface area contributed by atoms with Crippen molar-refractivity contribution in [3.8, 4) is 17.2 Å². The first-order valence-electron chi connectivity index (χ1n) is 9.78. The van der Waals surface area contributed by atoms with E-state index in [1.165, 1.54) is 30.4 Å². The van der Waals surface area contributed by atoms with E-state index >= 15 is 0 Å².